The van der Waals surface area contributed by atoms with Crippen LogP contribution in [0.15, 0.2) is 30.5 Å². The molecule has 2 amide bonds. The maximum absolute atomic E-state index is 13.0. The molecule has 1 fully saturated rings. The van der Waals surface area contributed by atoms with E-state index >= 15 is 0 Å². The molecule has 0 radical (unpaired) electrons. The largest absolute Gasteiger partial charge is 0.491 e. The number of hydrogen-bond donors (Lipinski definition) is 2. The van der Waals surface area contributed by atoms with Crippen LogP contribution < -0.4 is 20.5 Å². The molecule has 3 N–H and O–H groups in total. The number of benzene rings is 1. The lowest BCUT2D eigenvalue weighted by Crippen LogP contribution is -2.45. The van der Waals surface area contributed by atoms with E-state index in [1.807, 2.05) is 0 Å². The van der Waals surface area contributed by atoms with Crippen molar-refractivity contribution in [3.05, 3.63) is 46.6 Å². The van der Waals surface area contributed by atoms with Crippen LogP contribution in [0.25, 0.3) is 0 Å². The Hall–Kier alpha value is -3.34. The fourth-order valence-electron chi connectivity index (χ4n) is 3.59. The van der Waals surface area contributed by atoms with Crippen LogP contribution in [-0.2, 0) is 36.7 Å². The van der Waals surface area contributed by atoms with Gasteiger partial charge in [-0.15, -0.1) is 0 Å². The van der Waals surface area contributed by atoms with E-state index in [-0.39, 0.29) is 55.8 Å². The molecule has 0 saturated carbocycles. The Kier molecular flexibility index (Phi) is 10.4. The zero-order chi connectivity index (χ0) is 29.5. The Morgan fingerprint density at radius 2 is 2.00 bits per heavy atom. The van der Waals surface area contributed by atoms with Gasteiger partial charge in [-0.3, -0.25) is 4.79 Å². The first-order valence-corrected chi connectivity index (χ1v) is 13.5. The van der Waals surface area contributed by atoms with E-state index in [2.05, 4.69) is 14.5 Å². The van der Waals surface area contributed by atoms with Crippen molar-refractivity contribution in [2.45, 2.75) is 25.6 Å². The van der Waals surface area contributed by atoms with Crippen molar-refractivity contribution in [1.29, 1.82) is 0 Å². The SMILES string of the molecule is COCCOc1ccc(CNC(=O)OS(=O)(=O)N2CCCC(C(N)=O)C2)c(Oc2ncc(C(F)(F)F)cc2Cl)c1. The fourth-order valence-corrected chi connectivity index (χ4v) is 4.87. The van der Waals surface area contributed by atoms with Gasteiger partial charge in [0.25, 0.3) is 0 Å². The third-order valence-corrected chi connectivity index (χ3v) is 7.24. The number of hydrogen-bond acceptors (Lipinski definition) is 9. The van der Waals surface area contributed by atoms with Gasteiger partial charge in [0.15, 0.2) is 0 Å². The number of nitrogens with one attached hydrogen (secondary N) is 1. The fraction of sp³-hybridized carbons (Fsp3) is 0.435. The Morgan fingerprint density at radius 3 is 2.65 bits per heavy atom. The van der Waals surface area contributed by atoms with E-state index in [1.54, 1.807) is 0 Å². The first-order valence-electron chi connectivity index (χ1n) is 11.7. The summed E-state index contributed by atoms with van der Waals surface area (Å²) in [5.74, 6) is -1.44. The summed E-state index contributed by atoms with van der Waals surface area (Å²) in [5, 5.41) is 1.84. The summed E-state index contributed by atoms with van der Waals surface area (Å²) in [7, 11) is -3.04. The van der Waals surface area contributed by atoms with Crippen molar-refractivity contribution in [3.8, 4) is 17.4 Å². The van der Waals surface area contributed by atoms with E-state index in [0.29, 0.717) is 25.1 Å². The second-order valence-corrected chi connectivity index (χ2v) is 10.4. The summed E-state index contributed by atoms with van der Waals surface area (Å²) in [6.07, 6.45) is -4.67. The predicted molar refractivity (Wildman–Crippen MR) is 134 cm³/mol. The van der Waals surface area contributed by atoms with Gasteiger partial charge in [0, 0.05) is 44.6 Å². The minimum atomic E-state index is -4.67. The molecule has 1 aliphatic heterocycles. The molecule has 0 aliphatic carbocycles. The standard InChI is InChI=1S/C23H26ClF3N4O8S/c1-36-7-8-37-17-5-4-14(19(10-17)38-21-18(24)9-16(12-29-21)23(25,26)27)11-30-22(33)39-40(34,35)31-6-2-3-15(13-31)20(28)32/h4-5,9-10,12,15H,2-3,6-8,11,13H2,1H3,(H2,28,32)(H,30,33). The van der Waals surface area contributed by atoms with E-state index < -0.39 is 45.0 Å². The first kappa shape index (κ1) is 31.2. The molecule has 40 heavy (non-hydrogen) atoms. The minimum absolute atomic E-state index is 0.00689. The summed E-state index contributed by atoms with van der Waals surface area (Å²) in [5.41, 5.74) is 4.43. The van der Waals surface area contributed by atoms with E-state index in [1.165, 1.54) is 25.3 Å². The molecule has 0 spiro atoms. The molecule has 1 saturated heterocycles. The molecule has 1 unspecified atom stereocenters. The monoisotopic (exact) mass is 610 g/mol. The van der Waals surface area contributed by atoms with E-state index in [4.69, 9.17) is 31.5 Å². The highest BCUT2D eigenvalue weighted by molar-refractivity contribution is 7.84. The lowest BCUT2D eigenvalue weighted by molar-refractivity contribution is -0.137. The number of primary amides is 1. The Balaban J connectivity index is 1.74. The average Bonchev–Trinajstić information content (AvgIpc) is 2.88. The molecule has 0 bridgehead atoms. The van der Waals surface area contributed by atoms with Crippen molar-refractivity contribution < 1.29 is 49.6 Å². The Bertz CT molecular complexity index is 1330. The van der Waals surface area contributed by atoms with Crippen LogP contribution >= 0.6 is 11.6 Å². The molecule has 1 aliphatic rings. The summed E-state index contributed by atoms with van der Waals surface area (Å²) in [6, 6.07) is 5.00. The van der Waals surface area contributed by atoms with Crippen LogP contribution in [-0.4, -0.2) is 63.1 Å². The molecule has 2 aromatic rings. The third-order valence-electron chi connectivity index (χ3n) is 5.64. The minimum Gasteiger partial charge on any atom is -0.491 e. The third kappa shape index (κ3) is 8.58. The summed E-state index contributed by atoms with van der Waals surface area (Å²) in [4.78, 5) is 27.4. The number of nitrogens with zero attached hydrogens (tertiary/aromatic N) is 2. The Morgan fingerprint density at radius 1 is 1.25 bits per heavy atom. The van der Waals surface area contributed by atoms with Gasteiger partial charge in [-0.05, 0) is 31.0 Å². The number of piperidine rings is 1. The highest BCUT2D eigenvalue weighted by Gasteiger charge is 2.34. The number of pyridine rings is 1. The lowest BCUT2D eigenvalue weighted by Gasteiger charge is -2.29. The molecule has 1 aromatic carbocycles. The van der Waals surface area contributed by atoms with Crippen molar-refractivity contribution in [1.82, 2.24) is 14.6 Å². The van der Waals surface area contributed by atoms with Gasteiger partial charge in [0.1, 0.15) is 23.1 Å². The van der Waals surface area contributed by atoms with Gasteiger partial charge in [0.05, 0.1) is 18.1 Å². The van der Waals surface area contributed by atoms with Crippen molar-refractivity contribution in [3.63, 3.8) is 0 Å². The number of aromatic nitrogens is 1. The Labute approximate surface area is 232 Å². The van der Waals surface area contributed by atoms with Crippen LogP contribution in [0.4, 0.5) is 18.0 Å². The first-order chi connectivity index (χ1) is 18.8. The highest BCUT2D eigenvalue weighted by atomic mass is 35.5. The highest BCUT2D eigenvalue weighted by Crippen LogP contribution is 2.36. The van der Waals surface area contributed by atoms with Crippen molar-refractivity contribution in [2.24, 2.45) is 11.7 Å². The molecule has 3 rings (SSSR count). The van der Waals surface area contributed by atoms with Crippen LogP contribution in [0.2, 0.25) is 5.02 Å². The number of carbonyl (C=O) groups is 2. The van der Waals surface area contributed by atoms with Crippen LogP contribution in [0.3, 0.4) is 0 Å². The second kappa shape index (κ2) is 13.3. The molecule has 220 valence electrons. The molecule has 2 heterocycles. The van der Waals surface area contributed by atoms with Gasteiger partial charge in [0.2, 0.25) is 11.8 Å². The van der Waals surface area contributed by atoms with Gasteiger partial charge in [-0.1, -0.05) is 11.6 Å². The van der Waals surface area contributed by atoms with E-state index in [0.717, 1.165) is 4.31 Å². The molecule has 17 heteroatoms. The van der Waals surface area contributed by atoms with Crippen LogP contribution in [0.5, 0.6) is 17.4 Å². The van der Waals surface area contributed by atoms with Gasteiger partial charge < -0.3 is 29.4 Å². The van der Waals surface area contributed by atoms with Crippen molar-refractivity contribution in [2.75, 3.05) is 33.4 Å². The number of carbonyl (C=O) groups excluding carboxylic acids is 2. The number of amides is 2. The predicted octanol–water partition coefficient (Wildman–Crippen LogP) is 3.24. The quantitative estimate of drug-likeness (QED) is 0.364. The second-order valence-electron chi connectivity index (χ2n) is 8.50. The van der Waals surface area contributed by atoms with Crippen LogP contribution in [0.1, 0.15) is 24.0 Å². The molecule has 12 nitrogen and oxygen atoms in total. The molecule has 1 atom stereocenters. The lowest BCUT2D eigenvalue weighted by atomic mass is 9.99. The summed E-state index contributed by atoms with van der Waals surface area (Å²) >= 11 is 5.96. The number of ether oxygens (including phenoxy) is 3. The molecular weight excluding hydrogens is 585 g/mol. The maximum Gasteiger partial charge on any atom is 0.423 e. The smallest absolute Gasteiger partial charge is 0.423 e. The van der Waals surface area contributed by atoms with Crippen molar-refractivity contribution >= 4 is 33.9 Å². The normalized spacial score (nSPS) is 16.3. The molecule has 1 aromatic heterocycles. The maximum atomic E-state index is 13.0. The van der Waals surface area contributed by atoms with Crippen LogP contribution in [0, 0.1) is 5.92 Å². The zero-order valence-corrected chi connectivity index (χ0v) is 22.6. The van der Waals surface area contributed by atoms with Gasteiger partial charge in [-0.25, -0.2) is 9.78 Å². The summed E-state index contributed by atoms with van der Waals surface area (Å²) < 4.78 is 85.5. The van der Waals surface area contributed by atoms with Gasteiger partial charge in [-0.2, -0.15) is 25.9 Å². The number of nitrogens with two attached hydrogens (primary N) is 1. The van der Waals surface area contributed by atoms with Gasteiger partial charge >= 0.3 is 22.6 Å². The number of halogens is 4. The number of alkyl halides is 3. The summed E-state index contributed by atoms with van der Waals surface area (Å²) in [6.45, 7) is -0.0607. The number of methoxy groups -OCH3 is 1. The van der Waals surface area contributed by atoms with E-state index in [9.17, 15) is 31.2 Å². The number of rotatable bonds is 11. The topological polar surface area (TPSA) is 159 Å². The zero-order valence-electron chi connectivity index (χ0n) is 21.1. The average molecular weight is 611 g/mol. The molecular formula is C23H26ClF3N4O8S.